The summed E-state index contributed by atoms with van der Waals surface area (Å²) in [6, 6.07) is 9.86. The fourth-order valence-electron chi connectivity index (χ4n) is 3.26. The molecule has 0 aliphatic carbocycles. The predicted molar refractivity (Wildman–Crippen MR) is 110 cm³/mol. The van der Waals surface area contributed by atoms with E-state index >= 15 is 0 Å². The fourth-order valence-corrected chi connectivity index (χ4v) is 4.47. The Kier molecular flexibility index (Phi) is 6.82. The van der Waals surface area contributed by atoms with Gasteiger partial charge in [-0.05, 0) is 62.6 Å². The molecule has 0 aliphatic heterocycles. The lowest BCUT2D eigenvalue weighted by Gasteiger charge is -2.31. The second-order valence-electron chi connectivity index (χ2n) is 7.05. The fraction of sp³-hybridized carbons (Fsp3) is 0.381. The number of hydrogen-bond acceptors (Lipinski definition) is 3. The maximum Gasteiger partial charge on any atom is 0.244 e. The van der Waals surface area contributed by atoms with Gasteiger partial charge in [-0.15, -0.1) is 0 Å². The van der Waals surface area contributed by atoms with Crippen LogP contribution in [0.1, 0.15) is 43.0 Å². The molecule has 0 saturated heterocycles. The number of carbonyl (C=O) groups is 1. The molecule has 2 atom stereocenters. The van der Waals surface area contributed by atoms with Gasteiger partial charge >= 0.3 is 0 Å². The van der Waals surface area contributed by atoms with Crippen molar-refractivity contribution in [3.63, 3.8) is 0 Å². The number of nitrogens with one attached hydrogen (secondary N) is 1. The second-order valence-corrected chi connectivity index (χ2v) is 8.91. The van der Waals surface area contributed by atoms with E-state index in [1.54, 1.807) is 6.92 Å². The van der Waals surface area contributed by atoms with Crippen molar-refractivity contribution >= 4 is 21.6 Å². The van der Waals surface area contributed by atoms with Crippen LogP contribution in [0.5, 0.6) is 0 Å². The summed E-state index contributed by atoms with van der Waals surface area (Å²) < 4.78 is 39.2. The molecule has 0 radical (unpaired) electrons. The van der Waals surface area contributed by atoms with Crippen molar-refractivity contribution in [3.8, 4) is 0 Å². The minimum atomic E-state index is -3.75. The van der Waals surface area contributed by atoms with Crippen LogP contribution in [0, 0.1) is 19.7 Å². The summed E-state index contributed by atoms with van der Waals surface area (Å²) in [5, 5.41) is 2.93. The average molecular weight is 407 g/mol. The largest absolute Gasteiger partial charge is 0.348 e. The lowest BCUT2D eigenvalue weighted by Crippen LogP contribution is -2.49. The van der Waals surface area contributed by atoms with Gasteiger partial charge in [-0.2, -0.15) is 0 Å². The molecule has 0 bridgehead atoms. The third kappa shape index (κ3) is 5.10. The molecule has 1 N–H and O–H groups in total. The van der Waals surface area contributed by atoms with Crippen molar-refractivity contribution in [1.29, 1.82) is 0 Å². The van der Waals surface area contributed by atoms with Crippen molar-refractivity contribution < 1.29 is 17.6 Å². The quantitative estimate of drug-likeness (QED) is 0.759. The van der Waals surface area contributed by atoms with Crippen molar-refractivity contribution in [2.24, 2.45) is 0 Å². The molecule has 2 rings (SSSR count). The topological polar surface area (TPSA) is 66.5 Å². The van der Waals surface area contributed by atoms with E-state index in [-0.39, 0.29) is 18.2 Å². The van der Waals surface area contributed by atoms with Gasteiger partial charge in [0.15, 0.2) is 0 Å². The first kappa shape index (κ1) is 21.9. The molecule has 1 amide bonds. The average Bonchev–Trinajstić information content (AvgIpc) is 2.61. The van der Waals surface area contributed by atoms with Gasteiger partial charge in [-0.25, -0.2) is 12.8 Å². The molecule has 0 aliphatic rings. The van der Waals surface area contributed by atoms with Gasteiger partial charge in [-0.1, -0.05) is 30.7 Å². The summed E-state index contributed by atoms with van der Waals surface area (Å²) in [4.78, 5) is 13.0. The highest BCUT2D eigenvalue weighted by Gasteiger charge is 2.32. The zero-order valence-electron chi connectivity index (χ0n) is 16.9. The Hall–Kier alpha value is -2.41. The summed E-state index contributed by atoms with van der Waals surface area (Å²) in [6.45, 7) is 7.56. The minimum absolute atomic E-state index is 0.255. The van der Waals surface area contributed by atoms with E-state index in [4.69, 9.17) is 0 Å². The number of aryl methyl sites for hydroxylation is 2. The first-order valence-electron chi connectivity index (χ1n) is 9.17. The molecule has 2 aromatic carbocycles. The second kappa shape index (κ2) is 8.73. The van der Waals surface area contributed by atoms with Crippen LogP contribution in [-0.2, 0) is 14.8 Å². The van der Waals surface area contributed by atoms with Crippen LogP contribution in [0.4, 0.5) is 10.1 Å². The number of rotatable bonds is 7. The third-order valence-corrected chi connectivity index (χ3v) is 5.85. The van der Waals surface area contributed by atoms with Crippen LogP contribution >= 0.6 is 0 Å². The van der Waals surface area contributed by atoms with Crippen molar-refractivity contribution in [2.45, 2.75) is 46.2 Å². The first-order chi connectivity index (χ1) is 13.0. The summed E-state index contributed by atoms with van der Waals surface area (Å²) in [5.74, 6) is -0.871. The monoisotopic (exact) mass is 406 g/mol. The van der Waals surface area contributed by atoms with Crippen LogP contribution < -0.4 is 9.62 Å². The summed E-state index contributed by atoms with van der Waals surface area (Å²) in [5.41, 5.74) is 3.36. The molecule has 0 aromatic heterocycles. The number of amides is 1. The molecule has 2 aromatic rings. The van der Waals surface area contributed by atoms with Crippen molar-refractivity contribution in [2.75, 3.05) is 10.6 Å². The molecule has 0 unspecified atom stereocenters. The van der Waals surface area contributed by atoms with Gasteiger partial charge < -0.3 is 5.32 Å². The molecule has 28 heavy (non-hydrogen) atoms. The van der Waals surface area contributed by atoms with Gasteiger partial charge in [0.1, 0.15) is 11.9 Å². The number of sulfonamides is 1. The maximum absolute atomic E-state index is 13.3. The normalized spacial score (nSPS) is 13.6. The van der Waals surface area contributed by atoms with E-state index in [1.807, 2.05) is 39.0 Å². The summed E-state index contributed by atoms with van der Waals surface area (Å²) in [6.07, 6.45) is 1.32. The molecule has 5 nitrogen and oxygen atoms in total. The summed E-state index contributed by atoms with van der Waals surface area (Å²) in [7, 11) is -3.75. The summed E-state index contributed by atoms with van der Waals surface area (Å²) >= 11 is 0. The Morgan fingerprint density at radius 1 is 1.14 bits per heavy atom. The van der Waals surface area contributed by atoms with E-state index in [0.717, 1.165) is 27.3 Å². The molecule has 0 saturated carbocycles. The van der Waals surface area contributed by atoms with Crippen LogP contribution in [0.3, 0.4) is 0 Å². The van der Waals surface area contributed by atoms with Crippen molar-refractivity contribution in [1.82, 2.24) is 5.32 Å². The molecule has 7 heteroatoms. The van der Waals surface area contributed by atoms with Gasteiger partial charge in [0.05, 0.1) is 18.0 Å². The number of benzene rings is 2. The van der Waals surface area contributed by atoms with Crippen LogP contribution in [0.2, 0.25) is 0 Å². The Bertz CT molecular complexity index is 943. The zero-order chi connectivity index (χ0) is 21.1. The van der Waals surface area contributed by atoms with Gasteiger partial charge in [0.25, 0.3) is 0 Å². The Morgan fingerprint density at radius 3 is 2.29 bits per heavy atom. The number of halogens is 1. The Morgan fingerprint density at radius 2 is 1.75 bits per heavy atom. The van der Waals surface area contributed by atoms with E-state index in [0.29, 0.717) is 0 Å². The molecular formula is C21H27FN2O3S. The van der Waals surface area contributed by atoms with E-state index in [9.17, 15) is 17.6 Å². The SMILES string of the molecule is CC[C@H](C(=O)N[C@@H](C)c1cc(C)ccc1C)N(c1ccc(F)cc1)S(C)(=O)=O. The van der Waals surface area contributed by atoms with Crippen LogP contribution in [0.15, 0.2) is 42.5 Å². The minimum Gasteiger partial charge on any atom is -0.348 e. The smallest absolute Gasteiger partial charge is 0.244 e. The van der Waals surface area contributed by atoms with Gasteiger partial charge in [0, 0.05) is 0 Å². The molecular weight excluding hydrogens is 379 g/mol. The highest BCUT2D eigenvalue weighted by Crippen LogP contribution is 2.24. The maximum atomic E-state index is 13.3. The number of nitrogens with zero attached hydrogens (tertiary/aromatic N) is 1. The Labute approximate surface area is 166 Å². The van der Waals surface area contributed by atoms with E-state index < -0.39 is 27.8 Å². The van der Waals surface area contributed by atoms with Crippen molar-refractivity contribution in [3.05, 3.63) is 65.0 Å². The van der Waals surface area contributed by atoms with E-state index in [1.165, 1.54) is 24.3 Å². The zero-order valence-corrected chi connectivity index (χ0v) is 17.7. The molecule has 152 valence electrons. The van der Waals surface area contributed by atoms with Crippen LogP contribution in [-0.4, -0.2) is 26.6 Å². The highest BCUT2D eigenvalue weighted by molar-refractivity contribution is 7.92. The predicted octanol–water partition coefficient (Wildman–Crippen LogP) is 3.86. The molecule has 0 spiro atoms. The van der Waals surface area contributed by atoms with Gasteiger partial charge in [0.2, 0.25) is 15.9 Å². The first-order valence-corrected chi connectivity index (χ1v) is 11.0. The van der Waals surface area contributed by atoms with Gasteiger partial charge in [-0.3, -0.25) is 9.10 Å². The van der Waals surface area contributed by atoms with E-state index in [2.05, 4.69) is 5.32 Å². The standard InChI is InChI=1S/C21H27FN2O3S/c1-6-20(24(28(5,26)27)18-11-9-17(22)10-12-18)21(25)23-16(4)19-13-14(2)7-8-15(19)3/h7-13,16,20H,6H2,1-5H3,(H,23,25)/t16-,20+/m0/s1. The lowest BCUT2D eigenvalue weighted by atomic mass is 9.99. The number of anilines is 1. The number of hydrogen-bond donors (Lipinski definition) is 1. The highest BCUT2D eigenvalue weighted by atomic mass is 32.2. The lowest BCUT2D eigenvalue weighted by molar-refractivity contribution is -0.122. The third-order valence-electron chi connectivity index (χ3n) is 4.67. The number of carbonyl (C=O) groups excluding carboxylic acids is 1. The Balaban J connectivity index is 2.33. The molecule has 0 heterocycles. The van der Waals surface area contributed by atoms with Crippen LogP contribution in [0.25, 0.3) is 0 Å². The molecule has 0 fully saturated rings.